The SMILES string of the molecule is C=CCN1C(=O)CCc2ccc(OCCCN3CCC(Cc4ccccc4)CC3)cc21. The van der Waals surface area contributed by atoms with Crippen LogP contribution in [0.3, 0.4) is 0 Å². The predicted molar refractivity (Wildman–Crippen MR) is 127 cm³/mol. The average Bonchev–Trinajstić information content (AvgIpc) is 2.80. The average molecular weight is 419 g/mol. The highest BCUT2D eigenvalue weighted by atomic mass is 16.5. The molecule has 4 heteroatoms. The summed E-state index contributed by atoms with van der Waals surface area (Å²) in [4.78, 5) is 16.6. The van der Waals surface area contributed by atoms with Crippen LogP contribution in [0, 0.1) is 5.92 Å². The summed E-state index contributed by atoms with van der Waals surface area (Å²) >= 11 is 0. The van der Waals surface area contributed by atoms with Crippen LogP contribution in [-0.4, -0.2) is 43.6 Å². The number of ether oxygens (including phenoxy) is 1. The Kier molecular flexibility index (Phi) is 7.42. The lowest BCUT2D eigenvalue weighted by molar-refractivity contribution is -0.118. The molecule has 0 atom stereocenters. The van der Waals surface area contributed by atoms with Gasteiger partial charge in [-0.3, -0.25) is 4.79 Å². The van der Waals surface area contributed by atoms with Crippen LogP contribution in [-0.2, 0) is 17.6 Å². The fourth-order valence-electron chi connectivity index (χ4n) is 4.78. The third-order valence-electron chi connectivity index (χ3n) is 6.53. The van der Waals surface area contributed by atoms with E-state index in [1.807, 2.05) is 17.0 Å². The van der Waals surface area contributed by atoms with Crippen LogP contribution in [0.5, 0.6) is 5.75 Å². The molecule has 1 fully saturated rings. The number of nitrogens with zero attached hydrogens (tertiary/aromatic N) is 2. The first-order valence-electron chi connectivity index (χ1n) is 11.7. The summed E-state index contributed by atoms with van der Waals surface area (Å²) in [5.74, 6) is 1.83. The summed E-state index contributed by atoms with van der Waals surface area (Å²) in [5.41, 5.74) is 3.66. The number of hydrogen-bond acceptors (Lipinski definition) is 3. The van der Waals surface area contributed by atoms with E-state index < -0.39 is 0 Å². The highest BCUT2D eigenvalue weighted by Gasteiger charge is 2.23. The molecule has 4 rings (SSSR count). The van der Waals surface area contributed by atoms with Crippen molar-refractivity contribution in [2.75, 3.05) is 37.7 Å². The Morgan fingerprint density at radius 3 is 2.65 bits per heavy atom. The number of aryl methyl sites for hydroxylation is 1. The quantitative estimate of drug-likeness (QED) is 0.430. The lowest BCUT2D eigenvalue weighted by atomic mass is 9.90. The number of carbonyl (C=O) groups is 1. The molecule has 0 bridgehead atoms. The van der Waals surface area contributed by atoms with E-state index in [4.69, 9.17) is 4.74 Å². The maximum Gasteiger partial charge on any atom is 0.227 e. The molecule has 0 radical (unpaired) electrons. The number of carbonyl (C=O) groups excluding carboxylic acids is 1. The predicted octanol–water partition coefficient (Wildman–Crippen LogP) is 4.88. The molecule has 4 nitrogen and oxygen atoms in total. The molecule has 0 N–H and O–H groups in total. The van der Waals surface area contributed by atoms with Crippen molar-refractivity contribution in [3.05, 3.63) is 72.3 Å². The van der Waals surface area contributed by atoms with Gasteiger partial charge in [0, 0.05) is 25.6 Å². The fraction of sp³-hybridized carbons (Fsp3) is 0.444. The Morgan fingerprint density at radius 1 is 1.06 bits per heavy atom. The van der Waals surface area contributed by atoms with Crippen LogP contribution in [0.25, 0.3) is 0 Å². The summed E-state index contributed by atoms with van der Waals surface area (Å²) in [5, 5.41) is 0. The van der Waals surface area contributed by atoms with Gasteiger partial charge in [0.1, 0.15) is 5.75 Å². The number of likely N-dealkylation sites (tertiary alicyclic amines) is 1. The molecule has 2 aromatic rings. The van der Waals surface area contributed by atoms with Gasteiger partial charge in [-0.05, 0) is 68.3 Å². The van der Waals surface area contributed by atoms with E-state index in [1.54, 1.807) is 6.08 Å². The molecule has 0 spiro atoms. The highest BCUT2D eigenvalue weighted by Crippen LogP contribution is 2.31. The molecule has 1 saturated heterocycles. The van der Waals surface area contributed by atoms with Gasteiger partial charge in [0.25, 0.3) is 0 Å². The van der Waals surface area contributed by atoms with Gasteiger partial charge in [-0.15, -0.1) is 6.58 Å². The molecule has 2 heterocycles. The molecule has 31 heavy (non-hydrogen) atoms. The van der Waals surface area contributed by atoms with Crippen molar-refractivity contribution in [1.29, 1.82) is 0 Å². The molecule has 2 aromatic carbocycles. The monoisotopic (exact) mass is 418 g/mol. The molecular weight excluding hydrogens is 384 g/mol. The number of fused-ring (bicyclic) bond motifs is 1. The van der Waals surface area contributed by atoms with Gasteiger partial charge in [0.15, 0.2) is 0 Å². The van der Waals surface area contributed by atoms with E-state index in [0.29, 0.717) is 19.6 Å². The molecule has 0 aliphatic carbocycles. The number of rotatable bonds is 9. The van der Waals surface area contributed by atoms with Crippen LogP contribution in [0.15, 0.2) is 61.2 Å². The standard InChI is InChI=1S/C27H34N2O2/c1-2-15-29-26-21-25(11-9-24(26)10-12-27(29)30)31-19-6-16-28-17-13-23(14-18-28)20-22-7-4-3-5-8-22/h2-5,7-9,11,21,23H,1,6,10,12-20H2. The van der Waals surface area contributed by atoms with Gasteiger partial charge < -0.3 is 14.5 Å². The van der Waals surface area contributed by atoms with Gasteiger partial charge in [-0.1, -0.05) is 42.5 Å². The molecule has 0 unspecified atom stereocenters. The van der Waals surface area contributed by atoms with Crippen molar-refractivity contribution in [3.8, 4) is 5.75 Å². The van der Waals surface area contributed by atoms with E-state index in [-0.39, 0.29) is 5.91 Å². The number of hydrogen-bond donors (Lipinski definition) is 0. The molecule has 2 aliphatic heterocycles. The maximum absolute atomic E-state index is 12.3. The molecular formula is C27H34N2O2. The number of anilines is 1. The van der Waals surface area contributed by atoms with Crippen LogP contribution < -0.4 is 9.64 Å². The zero-order valence-electron chi connectivity index (χ0n) is 18.5. The second-order valence-corrected chi connectivity index (χ2v) is 8.76. The normalized spacial score (nSPS) is 17.4. The Balaban J connectivity index is 1.19. The van der Waals surface area contributed by atoms with Crippen molar-refractivity contribution < 1.29 is 9.53 Å². The summed E-state index contributed by atoms with van der Waals surface area (Å²) in [7, 11) is 0. The van der Waals surface area contributed by atoms with Crippen LogP contribution in [0.2, 0.25) is 0 Å². The van der Waals surface area contributed by atoms with Crippen LogP contribution >= 0.6 is 0 Å². The van der Waals surface area contributed by atoms with Crippen LogP contribution in [0.4, 0.5) is 5.69 Å². The summed E-state index contributed by atoms with van der Waals surface area (Å²) < 4.78 is 6.03. The highest BCUT2D eigenvalue weighted by molar-refractivity contribution is 5.96. The topological polar surface area (TPSA) is 32.8 Å². The second-order valence-electron chi connectivity index (χ2n) is 8.76. The van der Waals surface area contributed by atoms with Crippen molar-refractivity contribution in [1.82, 2.24) is 4.90 Å². The minimum absolute atomic E-state index is 0.167. The van der Waals surface area contributed by atoms with Crippen molar-refractivity contribution in [2.45, 2.75) is 38.5 Å². The Hall–Kier alpha value is -2.59. The van der Waals surface area contributed by atoms with Gasteiger partial charge in [-0.2, -0.15) is 0 Å². The minimum atomic E-state index is 0.167. The van der Waals surface area contributed by atoms with E-state index in [2.05, 4.69) is 47.9 Å². The summed E-state index contributed by atoms with van der Waals surface area (Å²) in [6.07, 6.45) is 7.97. The van der Waals surface area contributed by atoms with E-state index in [9.17, 15) is 4.79 Å². The van der Waals surface area contributed by atoms with Gasteiger partial charge >= 0.3 is 0 Å². The Labute approximate surface area is 186 Å². The lowest BCUT2D eigenvalue weighted by Crippen LogP contribution is -2.35. The second kappa shape index (κ2) is 10.6. The van der Waals surface area contributed by atoms with Gasteiger partial charge in [0.2, 0.25) is 5.91 Å². The van der Waals surface area contributed by atoms with Crippen molar-refractivity contribution in [3.63, 3.8) is 0 Å². The van der Waals surface area contributed by atoms with E-state index >= 15 is 0 Å². The maximum atomic E-state index is 12.3. The lowest BCUT2D eigenvalue weighted by Gasteiger charge is -2.32. The molecule has 0 aromatic heterocycles. The first-order chi connectivity index (χ1) is 15.2. The van der Waals surface area contributed by atoms with E-state index in [1.165, 1.54) is 43.5 Å². The van der Waals surface area contributed by atoms with Crippen LogP contribution in [0.1, 0.15) is 36.8 Å². The van der Waals surface area contributed by atoms with Crippen molar-refractivity contribution in [2.24, 2.45) is 5.92 Å². The number of piperidine rings is 1. The smallest absolute Gasteiger partial charge is 0.227 e. The first-order valence-corrected chi connectivity index (χ1v) is 11.7. The molecule has 0 saturated carbocycles. The fourth-order valence-corrected chi connectivity index (χ4v) is 4.78. The Bertz CT molecular complexity index is 872. The number of benzene rings is 2. The molecule has 164 valence electrons. The third-order valence-corrected chi connectivity index (χ3v) is 6.53. The number of amides is 1. The third kappa shape index (κ3) is 5.76. The molecule has 1 amide bonds. The van der Waals surface area contributed by atoms with Crippen molar-refractivity contribution >= 4 is 11.6 Å². The van der Waals surface area contributed by atoms with Gasteiger partial charge in [-0.25, -0.2) is 0 Å². The summed E-state index contributed by atoms with van der Waals surface area (Å²) in [6, 6.07) is 17.0. The largest absolute Gasteiger partial charge is 0.493 e. The first kappa shape index (κ1) is 21.6. The zero-order chi connectivity index (χ0) is 21.5. The summed E-state index contributed by atoms with van der Waals surface area (Å²) in [6.45, 7) is 8.51. The minimum Gasteiger partial charge on any atom is -0.493 e. The zero-order valence-corrected chi connectivity index (χ0v) is 18.5. The molecule has 2 aliphatic rings. The van der Waals surface area contributed by atoms with Gasteiger partial charge in [0.05, 0.1) is 12.3 Å². The van der Waals surface area contributed by atoms with E-state index in [0.717, 1.165) is 36.7 Å². The Morgan fingerprint density at radius 2 is 1.87 bits per heavy atom.